The molecule has 0 aromatic heterocycles. The smallest absolute Gasteiger partial charge is 0.264 e. The molecule has 0 saturated heterocycles. The van der Waals surface area contributed by atoms with Gasteiger partial charge in [-0.15, -0.1) is 0 Å². The Bertz CT molecular complexity index is 1270. The average Bonchev–Trinajstić information content (AvgIpc) is 2.89. The lowest BCUT2D eigenvalue weighted by molar-refractivity contribution is 0.111. The number of rotatable bonds is 11. The van der Waals surface area contributed by atoms with E-state index in [4.69, 9.17) is 0 Å². The van der Waals surface area contributed by atoms with Crippen molar-refractivity contribution in [3.63, 3.8) is 0 Å². The molecule has 0 aliphatic heterocycles. The van der Waals surface area contributed by atoms with Gasteiger partial charge in [0, 0.05) is 19.6 Å². The minimum atomic E-state index is -3.86. The summed E-state index contributed by atoms with van der Waals surface area (Å²) >= 11 is 0. The molecule has 1 atom stereocenters. The van der Waals surface area contributed by atoms with E-state index in [2.05, 4.69) is 29.2 Å². The van der Waals surface area contributed by atoms with Crippen molar-refractivity contribution in [1.29, 1.82) is 0 Å². The predicted molar refractivity (Wildman–Crippen MR) is 145 cm³/mol. The number of sulfonamides is 1. The Kier molecular flexibility index (Phi) is 8.54. The van der Waals surface area contributed by atoms with E-state index >= 15 is 0 Å². The molecule has 0 fully saturated rings. The fraction of sp³-hybridized carbons (Fsp3) is 0.200. The minimum absolute atomic E-state index is 0.0552. The van der Waals surface area contributed by atoms with Crippen LogP contribution in [0.5, 0.6) is 0 Å². The number of hydrogen-bond donors (Lipinski definition) is 1. The SMILES string of the molecule is Cc1ccc(N(C[C@H](O)CN(Cc2ccccc2)Cc2ccccc2)S(=O)(=O)c2ccccc2)cc1. The fourth-order valence-corrected chi connectivity index (χ4v) is 5.71. The van der Waals surface area contributed by atoms with Crippen molar-refractivity contribution in [2.75, 3.05) is 17.4 Å². The summed E-state index contributed by atoms with van der Waals surface area (Å²) in [6.45, 7) is 3.50. The highest BCUT2D eigenvalue weighted by Gasteiger charge is 2.28. The molecule has 0 aliphatic rings. The zero-order chi connectivity index (χ0) is 25.4. The molecular formula is C30H32N2O3S. The van der Waals surface area contributed by atoms with Crippen molar-refractivity contribution in [3.05, 3.63) is 132 Å². The van der Waals surface area contributed by atoms with Crippen LogP contribution in [0.4, 0.5) is 5.69 Å². The first-order valence-corrected chi connectivity index (χ1v) is 13.5. The molecular weight excluding hydrogens is 468 g/mol. The van der Waals surface area contributed by atoms with Crippen LogP contribution in [0, 0.1) is 6.92 Å². The highest BCUT2D eigenvalue weighted by molar-refractivity contribution is 7.92. The molecule has 0 aliphatic carbocycles. The zero-order valence-corrected chi connectivity index (χ0v) is 21.3. The van der Waals surface area contributed by atoms with Gasteiger partial charge in [-0.3, -0.25) is 9.21 Å². The molecule has 0 radical (unpaired) electrons. The van der Waals surface area contributed by atoms with Crippen LogP contribution in [-0.2, 0) is 23.1 Å². The molecule has 4 rings (SSSR count). The molecule has 0 heterocycles. The van der Waals surface area contributed by atoms with E-state index in [1.807, 2.05) is 55.5 Å². The largest absolute Gasteiger partial charge is 0.390 e. The first kappa shape index (κ1) is 25.6. The van der Waals surface area contributed by atoms with E-state index in [1.54, 1.807) is 42.5 Å². The van der Waals surface area contributed by atoms with E-state index < -0.39 is 16.1 Å². The molecule has 4 aromatic carbocycles. The van der Waals surface area contributed by atoms with Crippen LogP contribution in [0.3, 0.4) is 0 Å². The third kappa shape index (κ3) is 6.82. The maximum absolute atomic E-state index is 13.6. The summed E-state index contributed by atoms with van der Waals surface area (Å²) in [5.41, 5.74) is 3.83. The third-order valence-corrected chi connectivity index (χ3v) is 7.80. The monoisotopic (exact) mass is 500 g/mol. The molecule has 0 bridgehead atoms. The topological polar surface area (TPSA) is 60.9 Å². The lowest BCUT2D eigenvalue weighted by Crippen LogP contribution is -2.42. The summed E-state index contributed by atoms with van der Waals surface area (Å²) in [5, 5.41) is 11.2. The van der Waals surface area contributed by atoms with Crippen LogP contribution < -0.4 is 4.31 Å². The summed E-state index contributed by atoms with van der Waals surface area (Å²) < 4.78 is 28.6. The Hall–Kier alpha value is -3.45. The first-order valence-electron chi connectivity index (χ1n) is 12.0. The lowest BCUT2D eigenvalue weighted by Gasteiger charge is -2.30. The third-order valence-electron chi connectivity index (χ3n) is 6.00. The zero-order valence-electron chi connectivity index (χ0n) is 20.4. The lowest BCUT2D eigenvalue weighted by atomic mass is 10.1. The Labute approximate surface area is 214 Å². The molecule has 0 saturated carbocycles. The van der Waals surface area contributed by atoms with Crippen molar-refractivity contribution in [2.45, 2.75) is 31.0 Å². The second-order valence-electron chi connectivity index (χ2n) is 8.98. The Morgan fingerprint density at radius 1 is 0.667 bits per heavy atom. The number of aliphatic hydroxyl groups is 1. The summed E-state index contributed by atoms with van der Waals surface area (Å²) in [7, 11) is -3.86. The van der Waals surface area contributed by atoms with Gasteiger partial charge in [-0.05, 0) is 42.3 Å². The van der Waals surface area contributed by atoms with Crippen LogP contribution in [-0.4, -0.2) is 37.6 Å². The number of aliphatic hydroxyl groups excluding tert-OH is 1. The van der Waals surface area contributed by atoms with E-state index in [0.717, 1.165) is 16.7 Å². The molecule has 5 nitrogen and oxygen atoms in total. The molecule has 36 heavy (non-hydrogen) atoms. The predicted octanol–water partition coefficient (Wildman–Crippen LogP) is 5.25. The first-order chi connectivity index (χ1) is 17.4. The van der Waals surface area contributed by atoms with E-state index in [0.29, 0.717) is 25.3 Å². The minimum Gasteiger partial charge on any atom is -0.390 e. The van der Waals surface area contributed by atoms with Crippen molar-refractivity contribution >= 4 is 15.7 Å². The van der Waals surface area contributed by atoms with Gasteiger partial charge in [0.2, 0.25) is 0 Å². The molecule has 4 aromatic rings. The maximum atomic E-state index is 13.6. The second-order valence-corrected chi connectivity index (χ2v) is 10.8. The van der Waals surface area contributed by atoms with E-state index in [-0.39, 0.29) is 11.4 Å². The van der Waals surface area contributed by atoms with Gasteiger partial charge in [0.05, 0.1) is 23.2 Å². The maximum Gasteiger partial charge on any atom is 0.264 e. The second kappa shape index (κ2) is 12.0. The van der Waals surface area contributed by atoms with Gasteiger partial charge in [-0.2, -0.15) is 0 Å². The van der Waals surface area contributed by atoms with Crippen molar-refractivity contribution in [1.82, 2.24) is 4.90 Å². The summed E-state index contributed by atoms with van der Waals surface area (Å²) in [5.74, 6) is 0. The Morgan fingerprint density at radius 3 is 1.64 bits per heavy atom. The van der Waals surface area contributed by atoms with Gasteiger partial charge in [0.15, 0.2) is 0 Å². The number of aryl methyl sites for hydroxylation is 1. The summed E-state index contributed by atoms with van der Waals surface area (Å²) in [6.07, 6.45) is -0.905. The molecule has 1 N–H and O–H groups in total. The van der Waals surface area contributed by atoms with Gasteiger partial charge in [-0.25, -0.2) is 8.42 Å². The van der Waals surface area contributed by atoms with Crippen molar-refractivity contribution in [2.24, 2.45) is 0 Å². The van der Waals surface area contributed by atoms with Crippen molar-refractivity contribution in [3.8, 4) is 0 Å². The van der Waals surface area contributed by atoms with Gasteiger partial charge < -0.3 is 5.11 Å². The van der Waals surface area contributed by atoms with E-state index in [9.17, 15) is 13.5 Å². The van der Waals surface area contributed by atoms with Crippen LogP contribution in [0.2, 0.25) is 0 Å². The van der Waals surface area contributed by atoms with Gasteiger partial charge in [-0.1, -0.05) is 96.6 Å². The standard InChI is InChI=1S/C30H32N2O3S/c1-25-17-19-28(20-18-25)32(36(34,35)30-15-9-4-10-16-30)24-29(33)23-31(21-26-11-5-2-6-12-26)22-27-13-7-3-8-14-27/h2-20,29,33H,21-24H2,1H3/t29-/m1/s1. The van der Waals surface area contributed by atoms with Gasteiger partial charge in [0.25, 0.3) is 10.0 Å². The highest BCUT2D eigenvalue weighted by atomic mass is 32.2. The number of benzene rings is 4. The molecule has 0 unspecified atom stereocenters. The Morgan fingerprint density at radius 2 is 1.14 bits per heavy atom. The quantitative estimate of drug-likeness (QED) is 0.305. The number of hydrogen-bond acceptors (Lipinski definition) is 4. The molecule has 6 heteroatoms. The van der Waals surface area contributed by atoms with Gasteiger partial charge >= 0.3 is 0 Å². The summed E-state index contributed by atoms with van der Waals surface area (Å²) in [6, 6.07) is 35.9. The average molecular weight is 501 g/mol. The molecule has 0 amide bonds. The highest BCUT2D eigenvalue weighted by Crippen LogP contribution is 2.25. The number of anilines is 1. The van der Waals surface area contributed by atoms with E-state index in [1.165, 1.54) is 4.31 Å². The molecule has 186 valence electrons. The number of nitrogens with zero attached hydrogens (tertiary/aromatic N) is 2. The van der Waals surface area contributed by atoms with Crippen molar-refractivity contribution < 1.29 is 13.5 Å². The van der Waals surface area contributed by atoms with Crippen LogP contribution in [0.25, 0.3) is 0 Å². The van der Waals surface area contributed by atoms with Gasteiger partial charge in [0.1, 0.15) is 0 Å². The Balaban J connectivity index is 1.58. The van der Waals surface area contributed by atoms with Crippen LogP contribution in [0.1, 0.15) is 16.7 Å². The van der Waals surface area contributed by atoms with Crippen LogP contribution in [0.15, 0.2) is 120 Å². The normalized spacial score (nSPS) is 12.4. The summed E-state index contributed by atoms with van der Waals surface area (Å²) in [4.78, 5) is 2.35. The molecule has 0 spiro atoms. The van der Waals surface area contributed by atoms with Crippen LogP contribution >= 0.6 is 0 Å². The fourth-order valence-electron chi connectivity index (χ4n) is 4.19.